The lowest BCUT2D eigenvalue weighted by molar-refractivity contribution is 0.114. The zero-order valence-corrected chi connectivity index (χ0v) is 11.7. The molecule has 0 saturated carbocycles. The molecule has 4 nitrogen and oxygen atoms in total. The first kappa shape index (κ1) is 13.6. The Kier molecular flexibility index (Phi) is 5.20. The molecule has 102 valence electrons. The highest BCUT2D eigenvalue weighted by molar-refractivity contribution is 4.85. The normalized spacial score (nSPS) is 23.1. The predicted octanol–water partition coefficient (Wildman–Crippen LogP) is 1.74. The Morgan fingerprint density at radius 1 is 1.39 bits per heavy atom. The van der Waals surface area contributed by atoms with Crippen LogP contribution in [0.5, 0.6) is 0 Å². The standard InChI is InChI=1S/C14H26N4/c1-3-15-13(2)14-7-4-5-9-17(14)11-12-18-10-6-8-16-18/h6,8,10,13-15H,3-5,7,9,11-12H2,1-2H3. The fourth-order valence-electron chi connectivity index (χ4n) is 2.98. The number of nitrogens with one attached hydrogen (secondary N) is 1. The van der Waals surface area contributed by atoms with E-state index in [9.17, 15) is 0 Å². The van der Waals surface area contributed by atoms with Gasteiger partial charge in [0.2, 0.25) is 0 Å². The van der Waals surface area contributed by atoms with E-state index in [4.69, 9.17) is 0 Å². The van der Waals surface area contributed by atoms with Crippen LogP contribution in [0.25, 0.3) is 0 Å². The zero-order valence-electron chi connectivity index (χ0n) is 11.7. The molecule has 2 atom stereocenters. The number of hydrogen-bond donors (Lipinski definition) is 1. The Morgan fingerprint density at radius 2 is 2.28 bits per heavy atom. The molecule has 2 unspecified atom stereocenters. The van der Waals surface area contributed by atoms with Crippen molar-refractivity contribution in [1.29, 1.82) is 0 Å². The van der Waals surface area contributed by atoms with Crippen molar-refractivity contribution in [2.75, 3.05) is 19.6 Å². The number of piperidine rings is 1. The van der Waals surface area contributed by atoms with E-state index in [2.05, 4.69) is 29.2 Å². The summed E-state index contributed by atoms with van der Waals surface area (Å²) in [5.41, 5.74) is 0. The fraction of sp³-hybridized carbons (Fsp3) is 0.786. The number of likely N-dealkylation sites (N-methyl/N-ethyl adjacent to an activating group) is 1. The highest BCUT2D eigenvalue weighted by Gasteiger charge is 2.26. The summed E-state index contributed by atoms with van der Waals surface area (Å²) in [6.45, 7) is 8.92. The summed E-state index contributed by atoms with van der Waals surface area (Å²) < 4.78 is 2.03. The third kappa shape index (κ3) is 3.56. The van der Waals surface area contributed by atoms with Crippen LogP contribution in [0.1, 0.15) is 33.1 Å². The molecule has 0 amide bonds. The van der Waals surface area contributed by atoms with E-state index in [1.807, 2.05) is 23.1 Å². The Bertz CT molecular complexity index is 323. The fourth-order valence-corrected chi connectivity index (χ4v) is 2.98. The monoisotopic (exact) mass is 250 g/mol. The molecular formula is C14H26N4. The largest absolute Gasteiger partial charge is 0.313 e. The lowest BCUT2D eigenvalue weighted by Crippen LogP contribution is -2.51. The van der Waals surface area contributed by atoms with Crippen LogP contribution in [0.15, 0.2) is 18.5 Å². The first-order chi connectivity index (χ1) is 8.81. The maximum absolute atomic E-state index is 4.28. The van der Waals surface area contributed by atoms with Gasteiger partial charge >= 0.3 is 0 Å². The molecule has 0 spiro atoms. The van der Waals surface area contributed by atoms with Gasteiger partial charge < -0.3 is 5.32 Å². The van der Waals surface area contributed by atoms with E-state index in [0.717, 1.165) is 19.6 Å². The van der Waals surface area contributed by atoms with Gasteiger partial charge in [-0.25, -0.2) is 0 Å². The molecule has 2 heterocycles. The Balaban J connectivity index is 1.86. The highest BCUT2D eigenvalue weighted by atomic mass is 15.3. The van der Waals surface area contributed by atoms with E-state index in [0.29, 0.717) is 12.1 Å². The van der Waals surface area contributed by atoms with Crippen molar-refractivity contribution >= 4 is 0 Å². The third-order valence-corrected chi connectivity index (χ3v) is 3.94. The molecule has 0 bridgehead atoms. The van der Waals surface area contributed by atoms with Gasteiger partial charge in [0.1, 0.15) is 0 Å². The lowest BCUT2D eigenvalue weighted by Gasteiger charge is -2.39. The van der Waals surface area contributed by atoms with Gasteiger partial charge in [0, 0.05) is 31.0 Å². The van der Waals surface area contributed by atoms with E-state index in [1.165, 1.54) is 25.8 Å². The first-order valence-electron chi connectivity index (χ1n) is 7.26. The van der Waals surface area contributed by atoms with Crippen LogP contribution >= 0.6 is 0 Å². The summed E-state index contributed by atoms with van der Waals surface area (Å²) >= 11 is 0. The van der Waals surface area contributed by atoms with E-state index < -0.39 is 0 Å². The molecule has 1 saturated heterocycles. The molecule has 1 aromatic rings. The van der Waals surface area contributed by atoms with E-state index in [1.54, 1.807) is 0 Å². The molecule has 1 aliphatic heterocycles. The molecule has 0 aromatic carbocycles. The Morgan fingerprint density at radius 3 is 3.00 bits per heavy atom. The molecule has 1 fully saturated rings. The topological polar surface area (TPSA) is 33.1 Å². The minimum absolute atomic E-state index is 0.591. The summed E-state index contributed by atoms with van der Waals surface area (Å²) in [6, 6.07) is 3.27. The van der Waals surface area contributed by atoms with E-state index in [-0.39, 0.29) is 0 Å². The van der Waals surface area contributed by atoms with Gasteiger partial charge in [-0.15, -0.1) is 0 Å². The van der Waals surface area contributed by atoms with Crippen LogP contribution in [-0.4, -0.2) is 46.4 Å². The van der Waals surface area contributed by atoms with Crippen LogP contribution in [-0.2, 0) is 6.54 Å². The maximum Gasteiger partial charge on any atom is 0.0536 e. The van der Waals surface area contributed by atoms with Gasteiger partial charge in [0.05, 0.1) is 6.54 Å². The molecule has 0 radical (unpaired) electrons. The zero-order chi connectivity index (χ0) is 12.8. The Labute approximate surface area is 110 Å². The van der Waals surface area contributed by atoms with Gasteiger partial charge in [0.25, 0.3) is 0 Å². The number of aromatic nitrogens is 2. The second-order valence-electron chi connectivity index (χ2n) is 5.21. The maximum atomic E-state index is 4.28. The first-order valence-corrected chi connectivity index (χ1v) is 7.26. The SMILES string of the molecule is CCNC(C)C1CCCCN1CCn1cccn1. The summed E-state index contributed by atoms with van der Waals surface area (Å²) in [4.78, 5) is 2.64. The third-order valence-electron chi connectivity index (χ3n) is 3.94. The lowest BCUT2D eigenvalue weighted by atomic mass is 9.96. The summed E-state index contributed by atoms with van der Waals surface area (Å²) in [6.07, 6.45) is 7.95. The molecule has 1 aliphatic rings. The van der Waals surface area contributed by atoms with Gasteiger partial charge in [-0.3, -0.25) is 9.58 Å². The van der Waals surface area contributed by atoms with Gasteiger partial charge in [-0.2, -0.15) is 5.10 Å². The minimum Gasteiger partial charge on any atom is -0.313 e. The van der Waals surface area contributed by atoms with Crippen molar-refractivity contribution in [3.63, 3.8) is 0 Å². The van der Waals surface area contributed by atoms with Crippen molar-refractivity contribution < 1.29 is 0 Å². The number of nitrogens with zero attached hydrogens (tertiary/aromatic N) is 3. The summed E-state index contributed by atoms with van der Waals surface area (Å²) in [5, 5.41) is 7.86. The summed E-state index contributed by atoms with van der Waals surface area (Å²) in [7, 11) is 0. The molecular weight excluding hydrogens is 224 g/mol. The van der Waals surface area contributed by atoms with E-state index >= 15 is 0 Å². The Hall–Kier alpha value is -0.870. The molecule has 1 N–H and O–H groups in total. The smallest absolute Gasteiger partial charge is 0.0536 e. The number of hydrogen-bond acceptors (Lipinski definition) is 3. The number of likely N-dealkylation sites (tertiary alicyclic amines) is 1. The van der Waals surface area contributed by atoms with Gasteiger partial charge in [-0.05, 0) is 38.9 Å². The van der Waals surface area contributed by atoms with Crippen molar-refractivity contribution in [2.24, 2.45) is 0 Å². The summed E-state index contributed by atoms with van der Waals surface area (Å²) in [5.74, 6) is 0. The van der Waals surface area contributed by atoms with Crippen molar-refractivity contribution in [3.05, 3.63) is 18.5 Å². The highest BCUT2D eigenvalue weighted by Crippen LogP contribution is 2.19. The van der Waals surface area contributed by atoms with Crippen LogP contribution in [0, 0.1) is 0 Å². The molecule has 2 rings (SSSR count). The predicted molar refractivity (Wildman–Crippen MR) is 74.6 cm³/mol. The minimum atomic E-state index is 0.591. The van der Waals surface area contributed by atoms with Crippen molar-refractivity contribution in [2.45, 2.75) is 51.7 Å². The van der Waals surface area contributed by atoms with Crippen molar-refractivity contribution in [1.82, 2.24) is 20.0 Å². The second kappa shape index (κ2) is 6.90. The molecule has 4 heteroatoms. The van der Waals surface area contributed by atoms with Crippen LogP contribution in [0.3, 0.4) is 0 Å². The molecule has 18 heavy (non-hydrogen) atoms. The average Bonchev–Trinajstić information content (AvgIpc) is 2.90. The quantitative estimate of drug-likeness (QED) is 0.835. The number of rotatable bonds is 6. The van der Waals surface area contributed by atoms with Crippen LogP contribution in [0.4, 0.5) is 0 Å². The van der Waals surface area contributed by atoms with Gasteiger partial charge in [0.15, 0.2) is 0 Å². The van der Waals surface area contributed by atoms with Crippen molar-refractivity contribution in [3.8, 4) is 0 Å². The van der Waals surface area contributed by atoms with Gasteiger partial charge in [-0.1, -0.05) is 13.3 Å². The second-order valence-corrected chi connectivity index (χ2v) is 5.21. The van der Waals surface area contributed by atoms with Crippen LogP contribution in [0.2, 0.25) is 0 Å². The molecule has 0 aliphatic carbocycles. The van der Waals surface area contributed by atoms with Crippen LogP contribution < -0.4 is 5.32 Å². The molecule has 1 aromatic heterocycles. The average molecular weight is 250 g/mol.